The number of nitrogens with one attached hydrogen (secondary N) is 1. The van der Waals surface area contributed by atoms with E-state index in [0.717, 1.165) is 30.8 Å². The first-order valence-corrected chi connectivity index (χ1v) is 10.3. The standard InChI is InChI=1S/C16H20N6O4S/c23-22(24)13-2-1-3-14(10-13)27(25,26)20-7-4-12(5-8-20)16-19-18-15-11-17-6-9-21(15)16/h1-3,10,12,17H,4-9,11H2. The molecular formula is C16H20N6O4S. The summed E-state index contributed by atoms with van der Waals surface area (Å²) in [6.07, 6.45) is 1.30. The summed E-state index contributed by atoms with van der Waals surface area (Å²) in [7, 11) is -3.75. The minimum Gasteiger partial charge on any atom is -0.312 e. The van der Waals surface area contributed by atoms with Gasteiger partial charge in [-0.1, -0.05) is 6.07 Å². The summed E-state index contributed by atoms with van der Waals surface area (Å²) >= 11 is 0. The lowest BCUT2D eigenvalue weighted by Gasteiger charge is -2.31. The molecule has 1 aromatic heterocycles. The Morgan fingerprint density at radius 2 is 1.96 bits per heavy atom. The summed E-state index contributed by atoms with van der Waals surface area (Å²) in [6.45, 7) is 3.11. The van der Waals surface area contributed by atoms with Crippen molar-refractivity contribution in [1.29, 1.82) is 0 Å². The van der Waals surface area contributed by atoms with E-state index in [1.54, 1.807) is 0 Å². The van der Waals surface area contributed by atoms with E-state index in [1.807, 2.05) is 0 Å². The van der Waals surface area contributed by atoms with Crippen LogP contribution in [0.2, 0.25) is 0 Å². The first-order chi connectivity index (χ1) is 13.0. The molecule has 2 aliphatic heterocycles. The Morgan fingerprint density at radius 3 is 2.70 bits per heavy atom. The van der Waals surface area contributed by atoms with Crippen LogP contribution >= 0.6 is 0 Å². The van der Waals surface area contributed by atoms with Crippen LogP contribution in [0.15, 0.2) is 29.2 Å². The van der Waals surface area contributed by atoms with Gasteiger partial charge in [0.2, 0.25) is 10.0 Å². The lowest BCUT2D eigenvalue weighted by Crippen LogP contribution is -2.38. The number of non-ortho nitro benzene ring substituents is 1. The van der Waals surface area contributed by atoms with Crippen molar-refractivity contribution in [3.8, 4) is 0 Å². The normalized spacial score (nSPS) is 19.0. The molecule has 1 fully saturated rings. The Balaban J connectivity index is 1.49. The van der Waals surface area contributed by atoms with Gasteiger partial charge < -0.3 is 9.88 Å². The number of hydrogen-bond acceptors (Lipinski definition) is 7. The van der Waals surface area contributed by atoms with Crippen molar-refractivity contribution in [2.45, 2.75) is 36.7 Å². The number of sulfonamides is 1. The fraction of sp³-hybridized carbons (Fsp3) is 0.500. The second-order valence-corrected chi connectivity index (χ2v) is 8.67. The SMILES string of the molecule is O=[N+]([O-])c1cccc(S(=O)(=O)N2CCC(c3nnc4n3CCNC4)CC2)c1. The molecule has 0 saturated carbocycles. The second-order valence-electron chi connectivity index (χ2n) is 6.74. The van der Waals surface area contributed by atoms with Crippen LogP contribution in [0, 0.1) is 10.1 Å². The molecule has 11 heteroatoms. The third-order valence-electron chi connectivity index (χ3n) is 5.14. The smallest absolute Gasteiger partial charge is 0.270 e. The van der Waals surface area contributed by atoms with Crippen molar-refractivity contribution in [1.82, 2.24) is 24.4 Å². The van der Waals surface area contributed by atoms with Crippen molar-refractivity contribution < 1.29 is 13.3 Å². The van der Waals surface area contributed by atoms with Gasteiger partial charge in [0, 0.05) is 44.2 Å². The van der Waals surface area contributed by atoms with Crippen molar-refractivity contribution in [2.24, 2.45) is 0 Å². The molecule has 0 bridgehead atoms. The van der Waals surface area contributed by atoms with E-state index in [4.69, 9.17) is 0 Å². The highest BCUT2D eigenvalue weighted by atomic mass is 32.2. The Hall–Kier alpha value is -2.37. The van der Waals surface area contributed by atoms with Crippen molar-refractivity contribution in [2.75, 3.05) is 19.6 Å². The third-order valence-corrected chi connectivity index (χ3v) is 7.03. The molecule has 1 N–H and O–H groups in total. The van der Waals surface area contributed by atoms with E-state index in [1.165, 1.54) is 22.5 Å². The van der Waals surface area contributed by atoms with Crippen LogP contribution in [-0.2, 0) is 23.1 Å². The van der Waals surface area contributed by atoms with Gasteiger partial charge in [-0.05, 0) is 18.9 Å². The molecule has 27 heavy (non-hydrogen) atoms. The van der Waals surface area contributed by atoms with E-state index in [0.29, 0.717) is 32.5 Å². The molecule has 1 saturated heterocycles. The molecule has 0 amide bonds. The van der Waals surface area contributed by atoms with Gasteiger partial charge in [0.1, 0.15) is 11.6 Å². The molecule has 0 aliphatic carbocycles. The first kappa shape index (κ1) is 18.0. The van der Waals surface area contributed by atoms with Gasteiger partial charge in [0.15, 0.2) is 0 Å². The van der Waals surface area contributed by atoms with Gasteiger partial charge in [0.05, 0.1) is 16.4 Å². The minimum absolute atomic E-state index is 0.0407. The molecule has 2 aromatic rings. The van der Waals surface area contributed by atoms with Gasteiger partial charge in [0.25, 0.3) is 5.69 Å². The van der Waals surface area contributed by atoms with E-state index in [-0.39, 0.29) is 16.5 Å². The largest absolute Gasteiger partial charge is 0.312 e. The van der Waals surface area contributed by atoms with Gasteiger partial charge in [-0.2, -0.15) is 4.31 Å². The molecule has 10 nitrogen and oxygen atoms in total. The monoisotopic (exact) mass is 392 g/mol. The number of nitro benzene ring substituents is 1. The molecule has 0 spiro atoms. The predicted molar refractivity (Wildman–Crippen MR) is 95.6 cm³/mol. The molecule has 2 aliphatic rings. The van der Waals surface area contributed by atoms with Crippen LogP contribution < -0.4 is 5.32 Å². The fourth-order valence-corrected chi connectivity index (χ4v) is 5.19. The van der Waals surface area contributed by atoms with Gasteiger partial charge >= 0.3 is 0 Å². The number of nitro groups is 1. The van der Waals surface area contributed by atoms with E-state index < -0.39 is 14.9 Å². The van der Waals surface area contributed by atoms with Crippen LogP contribution in [0.3, 0.4) is 0 Å². The van der Waals surface area contributed by atoms with Gasteiger partial charge in [-0.25, -0.2) is 8.42 Å². The number of nitrogens with zero attached hydrogens (tertiary/aromatic N) is 5. The van der Waals surface area contributed by atoms with Crippen LogP contribution in [0.5, 0.6) is 0 Å². The number of piperidine rings is 1. The summed E-state index contributed by atoms with van der Waals surface area (Å²) in [6, 6.07) is 5.20. The third kappa shape index (κ3) is 3.33. The van der Waals surface area contributed by atoms with Gasteiger partial charge in [-0.3, -0.25) is 10.1 Å². The molecule has 3 heterocycles. The highest BCUT2D eigenvalue weighted by Gasteiger charge is 2.33. The Morgan fingerprint density at radius 1 is 1.19 bits per heavy atom. The first-order valence-electron chi connectivity index (χ1n) is 8.84. The number of aromatic nitrogens is 3. The second kappa shape index (κ2) is 6.98. The molecular weight excluding hydrogens is 372 g/mol. The molecule has 0 radical (unpaired) electrons. The van der Waals surface area contributed by atoms with Crippen LogP contribution in [0.4, 0.5) is 5.69 Å². The van der Waals surface area contributed by atoms with Gasteiger partial charge in [-0.15, -0.1) is 10.2 Å². The lowest BCUT2D eigenvalue weighted by atomic mass is 9.97. The summed E-state index contributed by atoms with van der Waals surface area (Å²) in [4.78, 5) is 10.3. The van der Waals surface area contributed by atoms with Crippen molar-refractivity contribution in [3.63, 3.8) is 0 Å². The molecule has 1 aromatic carbocycles. The summed E-state index contributed by atoms with van der Waals surface area (Å²) < 4.78 is 29.2. The van der Waals surface area contributed by atoms with E-state index >= 15 is 0 Å². The summed E-state index contributed by atoms with van der Waals surface area (Å²) in [5.74, 6) is 2.02. The van der Waals surface area contributed by atoms with E-state index in [2.05, 4.69) is 20.1 Å². The fourth-order valence-electron chi connectivity index (χ4n) is 3.68. The van der Waals surface area contributed by atoms with Crippen LogP contribution in [0.25, 0.3) is 0 Å². The van der Waals surface area contributed by atoms with Crippen molar-refractivity contribution >= 4 is 15.7 Å². The topological polar surface area (TPSA) is 123 Å². The van der Waals surface area contributed by atoms with E-state index in [9.17, 15) is 18.5 Å². The molecule has 0 unspecified atom stereocenters. The molecule has 0 atom stereocenters. The average Bonchev–Trinajstić information content (AvgIpc) is 3.12. The molecule has 144 valence electrons. The zero-order valence-corrected chi connectivity index (χ0v) is 15.4. The zero-order valence-electron chi connectivity index (χ0n) is 14.6. The number of benzene rings is 1. The number of hydrogen-bond donors (Lipinski definition) is 1. The minimum atomic E-state index is -3.75. The average molecular weight is 392 g/mol. The maximum Gasteiger partial charge on any atom is 0.270 e. The highest BCUT2D eigenvalue weighted by Crippen LogP contribution is 2.31. The Labute approximate surface area is 156 Å². The molecule has 4 rings (SSSR count). The quantitative estimate of drug-likeness (QED) is 0.604. The highest BCUT2D eigenvalue weighted by molar-refractivity contribution is 7.89. The summed E-state index contributed by atoms with van der Waals surface area (Å²) in [5, 5.41) is 22.7. The number of fused-ring (bicyclic) bond motifs is 1. The van der Waals surface area contributed by atoms with Crippen LogP contribution in [-0.4, -0.2) is 52.0 Å². The van der Waals surface area contributed by atoms with Crippen LogP contribution in [0.1, 0.15) is 30.4 Å². The zero-order chi connectivity index (χ0) is 19.0. The number of rotatable bonds is 4. The predicted octanol–water partition coefficient (Wildman–Crippen LogP) is 0.858. The Bertz CT molecular complexity index is 965. The lowest BCUT2D eigenvalue weighted by molar-refractivity contribution is -0.385. The maximum absolute atomic E-state index is 12.8. The Kier molecular flexibility index (Phi) is 4.66. The van der Waals surface area contributed by atoms with Crippen molar-refractivity contribution in [3.05, 3.63) is 46.0 Å². The maximum atomic E-state index is 12.8. The summed E-state index contributed by atoms with van der Waals surface area (Å²) in [5.41, 5.74) is -0.227.